The lowest BCUT2D eigenvalue weighted by atomic mass is 9.89. The van der Waals surface area contributed by atoms with Crippen LogP contribution in [0, 0.1) is 5.41 Å². The van der Waals surface area contributed by atoms with E-state index in [-0.39, 0.29) is 18.5 Å². The summed E-state index contributed by atoms with van der Waals surface area (Å²) in [4.78, 5) is 2.57. The van der Waals surface area contributed by atoms with E-state index in [1.807, 2.05) is 0 Å². The maximum atomic E-state index is 5.97. The summed E-state index contributed by atoms with van der Waals surface area (Å²) in [6.45, 7) is 8.78. The van der Waals surface area contributed by atoms with Crippen LogP contribution < -0.4 is 5.32 Å². The Labute approximate surface area is 142 Å². The van der Waals surface area contributed by atoms with Crippen LogP contribution in [0.1, 0.15) is 25.0 Å². The van der Waals surface area contributed by atoms with Gasteiger partial charge in [0, 0.05) is 30.7 Å². The molecule has 0 amide bonds. The summed E-state index contributed by atoms with van der Waals surface area (Å²) in [6.07, 6.45) is 1.49. The van der Waals surface area contributed by atoms with Crippen molar-refractivity contribution in [2.24, 2.45) is 5.41 Å². The van der Waals surface area contributed by atoms with E-state index in [0.29, 0.717) is 5.41 Å². The van der Waals surface area contributed by atoms with Gasteiger partial charge in [-0.1, -0.05) is 35.0 Å². The first-order valence-electron chi connectivity index (χ1n) is 7.45. The maximum Gasteiger partial charge on any atom is 0.0952 e. The highest BCUT2D eigenvalue weighted by molar-refractivity contribution is 9.10. The van der Waals surface area contributed by atoms with E-state index >= 15 is 0 Å². The second kappa shape index (κ2) is 7.42. The molecule has 118 valence electrons. The smallest absolute Gasteiger partial charge is 0.0952 e. The molecule has 3 rings (SSSR count). The van der Waals surface area contributed by atoms with Crippen LogP contribution in [0.5, 0.6) is 0 Å². The Morgan fingerprint density at radius 2 is 2.33 bits per heavy atom. The molecule has 2 unspecified atom stereocenters. The third-order valence-electron chi connectivity index (χ3n) is 4.43. The van der Waals surface area contributed by atoms with Gasteiger partial charge in [0.2, 0.25) is 0 Å². The van der Waals surface area contributed by atoms with E-state index < -0.39 is 0 Å². The maximum absolute atomic E-state index is 5.97. The van der Waals surface area contributed by atoms with Gasteiger partial charge in [0.15, 0.2) is 0 Å². The molecule has 0 bridgehead atoms. The number of ether oxygens (including phenoxy) is 1. The largest absolute Gasteiger partial charge is 0.371 e. The van der Waals surface area contributed by atoms with Gasteiger partial charge in [0.25, 0.3) is 0 Å². The summed E-state index contributed by atoms with van der Waals surface area (Å²) < 4.78 is 7.10. The van der Waals surface area contributed by atoms with Gasteiger partial charge in [0.05, 0.1) is 12.7 Å². The fraction of sp³-hybridized carbons (Fsp3) is 0.625. The molecule has 2 atom stereocenters. The zero-order valence-electron chi connectivity index (χ0n) is 12.5. The van der Waals surface area contributed by atoms with E-state index in [1.54, 1.807) is 0 Å². The van der Waals surface area contributed by atoms with Crippen molar-refractivity contribution in [3.63, 3.8) is 0 Å². The molecule has 0 aliphatic carbocycles. The van der Waals surface area contributed by atoms with Gasteiger partial charge in [0.1, 0.15) is 0 Å². The molecule has 2 aliphatic rings. The molecule has 1 aromatic rings. The third-order valence-corrected chi connectivity index (χ3v) is 4.93. The fourth-order valence-electron chi connectivity index (χ4n) is 3.30. The number of rotatable bonds is 3. The van der Waals surface area contributed by atoms with Crippen LogP contribution >= 0.6 is 28.3 Å². The number of hydrogen-bond donors (Lipinski definition) is 1. The highest BCUT2D eigenvalue weighted by atomic mass is 79.9. The van der Waals surface area contributed by atoms with Gasteiger partial charge < -0.3 is 10.1 Å². The Morgan fingerprint density at radius 1 is 1.48 bits per heavy atom. The number of morpholine rings is 1. The van der Waals surface area contributed by atoms with Crippen molar-refractivity contribution in [2.75, 3.05) is 39.3 Å². The molecular formula is C16H24BrClN2O. The number of nitrogens with one attached hydrogen (secondary N) is 1. The van der Waals surface area contributed by atoms with Gasteiger partial charge in [-0.15, -0.1) is 12.4 Å². The molecule has 5 heteroatoms. The Balaban J connectivity index is 0.00000161. The quantitative estimate of drug-likeness (QED) is 0.878. The van der Waals surface area contributed by atoms with Crippen molar-refractivity contribution in [2.45, 2.75) is 19.4 Å². The van der Waals surface area contributed by atoms with Gasteiger partial charge in [-0.05, 0) is 36.1 Å². The lowest BCUT2D eigenvalue weighted by Crippen LogP contribution is -2.44. The number of nitrogens with zero attached hydrogens (tertiary/aromatic N) is 1. The van der Waals surface area contributed by atoms with Crippen molar-refractivity contribution < 1.29 is 4.74 Å². The van der Waals surface area contributed by atoms with Crippen LogP contribution in [-0.2, 0) is 4.74 Å². The molecule has 1 aromatic carbocycles. The molecule has 0 spiro atoms. The summed E-state index contributed by atoms with van der Waals surface area (Å²) in [5.41, 5.74) is 1.71. The fourth-order valence-corrected chi connectivity index (χ4v) is 3.72. The molecule has 21 heavy (non-hydrogen) atoms. The number of benzene rings is 1. The highest BCUT2D eigenvalue weighted by Gasteiger charge is 2.32. The van der Waals surface area contributed by atoms with Crippen molar-refractivity contribution in [3.05, 3.63) is 34.3 Å². The van der Waals surface area contributed by atoms with E-state index in [0.717, 1.165) is 37.3 Å². The van der Waals surface area contributed by atoms with Crippen molar-refractivity contribution >= 4 is 28.3 Å². The minimum absolute atomic E-state index is 0. The molecule has 2 saturated heterocycles. The van der Waals surface area contributed by atoms with Crippen molar-refractivity contribution in [1.29, 1.82) is 0 Å². The number of hydrogen-bond acceptors (Lipinski definition) is 3. The van der Waals surface area contributed by atoms with Gasteiger partial charge in [-0.2, -0.15) is 0 Å². The second-order valence-corrected chi connectivity index (χ2v) is 7.30. The van der Waals surface area contributed by atoms with Crippen molar-refractivity contribution in [3.8, 4) is 0 Å². The van der Waals surface area contributed by atoms with E-state index in [2.05, 4.69) is 57.3 Å². The normalized spacial score (nSPS) is 30.1. The first kappa shape index (κ1) is 17.2. The van der Waals surface area contributed by atoms with Crippen LogP contribution in [0.25, 0.3) is 0 Å². The second-order valence-electron chi connectivity index (χ2n) is 6.39. The summed E-state index contributed by atoms with van der Waals surface area (Å²) in [5.74, 6) is 0. The zero-order valence-corrected chi connectivity index (χ0v) is 14.9. The van der Waals surface area contributed by atoms with E-state index in [9.17, 15) is 0 Å². The molecule has 2 fully saturated rings. The SMILES string of the molecule is CC1(CN2CCOC(c3cccc(Br)c3)C2)CCNC1.Cl. The lowest BCUT2D eigenvalue weighted by molar-refractivity contribution is -0.0400. The van der Waals surface area contributed by atoms with Crippen LogP contribution in [0.2, 0.25) is 0 Å². The minimum Gasteiger partial charge on any atom is -0.371 e. The first-order chi connectivity index (χ1) is 9.65. The Kier molecular flexibility index (Phi) is 6.09. The van der Waals surface area contributed by atoms with E-state index in [1.165, 1.54) is 18.5 Å². The van der Waals surface area contributed by atoms with Crippen LogP contribution in [0.4, 0.5) is 0 Å². The molecular weight excluding hydrogens is 352 g/mol. The van der Waals surface area contributed by atoms with Crippen molar-refractivity contribution in [1.82, 2.24) is 10.2 Å². The molecule has 0 aromatic heterocycles. The average molecular weight is 376 g/mol. The van der Waals surface area contributed by atoms with Gasteiger partial charge in [-0.3, -0.25) is 4.90 Å². The minimum atomic E-state index is 0. The monoisotopic (exact) mass is 374 g/mol. The standard InChI is InChI=1S/C16H23BrN2O.ClH/c1-16(5-6-18-11-16)12-19-7-8-20-15(10-19)13-3-2-4-14(17)9-13;/h2-4,9,15,18H,5-8,10-12H2,1H3;1H. The molecule has 1 N–H and O–H groups in total. The summed E-state index contributed by atoms with van der Waals surface area (Å²) in [5, 5.41) is 3.49. The van der Waals surface area contributed by atoms with Crippen LogP contribution in [0.15, 0.2) is 28.7 Å². The molecule has 0 saturated carbocycles. The topological polar surface area (TPSA) is 24.5 Å². The molecule has 2 heterocycles. The predicted molar refractivity (Wildman–Crippen MR) is 92.1 cm³/mol. The predicted octanol–water partition coefficient (Wildman–Crippen LogP) is 3.24. The Hall–Kier alpha value is -0.130. The zero-order chi connectivity index (χ0) is 14.0. The number of halogens is 2. The van der Waals surface area contributed by atoms with Crippen LogP contribution in [-0.4, -0.2) is 44.2 Å². The summed E-state index contributed by atoms with van der Waals surface area (Å²) in [6, 6.07) is 8.49. The first-order valence-corrected chi connectivity index (χ1v) is 8.24. The molecule has 2 aliphatic heterocycles. The summed E-state index contributed by atoms with van der Waals surface area (Å²) in [7, 11) is 0. The Bertz CT molecular complexity index is 465. The molecule has 0 radical (unpaired) electrons. The Morgan fingerprint density at radius 3 is 3.05 bits per heavy atom. The third kappa shape index (κ3) is 4.42. The van der Waals surface area contributed by atoms with E-state index in [4.69, 9.17) is 4.74 Å². The average Bonchev–Trinajstić information content (AvgIpc) is 2.85. The van der Waals surface area contributed by atoms with Crippen LogP contribution in [0.3, 0.4) is 0 Å². The molecule has 3 nitrogen and oxygen atoms in total. The van der Waals surface area contributed by atoms with Gasteiger partial charge in [-0.25, -0.2) is 0 Å². The lowest BCUT2D eigenvalue weighted by Gasteiger charge is -2.37. The highest BCUT2D eigenvalue weighted by Crippen LogP contribution is 2.29. The summed E-state index contributed by atoms with van der Waals surface area (Å²) >= 11 is 3.55. The van der Waals surface area contributed by atoms with Gasteiger partial charge >= 0.3 is 0 Å².